The largest absolute Gasteiger partial charge is 0.450 e. The third kappa shape index (κ3) is 3.39. The molecule has 5 nitrogen and oxygen atoms in total. The number of nitrogens with zero attached hydrogens (tertiary/aromatic N) is 1. The molecule has 1 saturated carbocycles. The molecule has 0 spiro atoms. The Bertz CT molecular complexity index is 536. The second-order valence-electron chi connectivity index (χ2n) is 4.82. The molecule has 1 aliphatic rings. The average Bonchev–Trinajstić information content (AvgIpc) is 3.09. The molecule has 1 heterocycles. The number of halogens is 1. The minimum absolute atomic E-state index is 0.102. The van der Waals surface area contributed by atoms with Gasteiger partial charge in [0, 0.05) is 19.2 Å². The van der Waals surface area contributed by atoms with E-state index in [0.717, 1.165) is 19.3 Å². The van der Waals surface area contributed by atoms with Gasteiger partial charge in [-0.15, -0.1) is 0 Å². The van der Waals surface area contributed by atoms with E-state index in [-0.39, 0.29) is 21.9 Å². The molecule has 108 valence electrons. The van der Waals surface area contributed by atoms with Crippen molar-refractivity contribution in [2.24, 2.45) is 5.92 Å². The fourth-order valence-corrected chi connectivity index (χ4v) is 4.51. The first kappa shape index (κ1) is 15.0. The van der Waals surface area contributed by atoms with Crippen molar-refractivity contribution in [3.63, 3.8) is 0 Å². The zero-order valence-electron chi connectivity index (χ0n) is 10.8. The van der Waals surface area contributed by atoms with Crippen LogP contribution in [-0.2, 0) is 16.6 Å². The van der Waals surface area contributed by atoms with Gasteiger partial charge in [-0.2, -0.15) is 4.31 Å². The molecular formula is C12H18BrNO4S. The third-order valence-electron chi connectivity index (χ3n) is 3.11. The highest BCUT2D eigenvalue weighted by atomic mass is 79.9. The van der Waals surface area contributed by atoms with E-state index in [0.29, 0.717) is 19.0 Å². The predicted molar refractivity (Wildman–Crippen MR) is 74.1 cm³/mol. The van der Waals surface area contributed by atoms with Crippen LogP contribution in [0.4, 0.5) is 0 Å². The Hall–Kier alpha value is -0.370. The topological polar surface area (TPSA) is 70.8 Å². The second kappa shape index (κ2) is 5.95. The molecule has 19 heavy (non-hydrogen) atoms. The quantitative estimate of drug-likeness (QED) is 0.818. The lowest BCUT2D eigenvalue weighted by atomic mass is 10.4. The molecule has 0 radical (unpaired) electrons. The van der Waals surface area contributed by atoms with Gasteiger partial charge in [-0.05, 0) is 41.1 Å². The van der Waals surface area contributed by atoms with Gasteiger partial charge in [0.1, 0.15) is 17.3 Å². The summed E-state index contributed by atoms with van der Waals surface area (Å²) in [4.78, 5) is 0.102. The Labute approximate surface area is 121 Å². The number of hydrogen-bond donors (Lipinski definition) is 1. The molecule has 1 aliphatic carbocycles. The molecule has 0 aliphatic heterocycles. The standard InChI is InChI=1S/C12H18BrNO4S/c1-2-5-14(7-9-3-4-9)19(16,17)11-6-10(8-15)18-12(11)13/h6,9,15H,2-5,7-8H2,1H3. The molecule has 7 heteroatoms. The van der Waals surface area contributed by atoms with Gasteiger partial charge < -0.3 is 9.52 Å². The van der Waals surface area contributed by atoms with E-state index in [1.54, 1.807) is 0 Å². The van der Waals surface area contributed by atoms with Gasteiger partial charge >= 0.3 is 0 Å². The lowest BCUT2D eigenvalue weighted by Gasteiger charge is -2.20. The maximum Gasteiger partial charge on any atom is 0.247 e. The van der Waals surface area contributed by atoms with E-state index in [1.807, 2.05) is 6.92 Å². The van der Waals surface area contributed by atoms with Crippen molar-refractivity contribution in [3.8, 4) is 0 Å². The molecule has 0 unspecified atom stereocenters. The van der Waals surface area contributed by atoms with Crippen LogP contribution in [0.15, 0.2) is 20.0 Å². The summed E-state index contributed by atoms with van der Waals surface area (Å²) >= 11 is 3.11. The molecule has 1 aromatic heterocycles. The Morgan fingerprint density at radius 1 is 1.53 bits per heavy atom. The minimum Gasteiger partial charge on any atom is -0.450 e. The van der Waals surface area contributed by atoms with Crippen LogP contribution in [-0.4, -0.2) is 30.9 Å². The summed E-state index contributed by atoms with van der Waals surface area (Å²) in [6, 6.07) is 1.38. The zero-order valence-corrected chi connectivity index (χ0v) is 13.2. The fraction of sp³-hybridized carbons (Fsp3) is 0.667. The highest BCUT2D eigenvalue weighted by molar-refractivity contribution is 9.10. The first-order valence-corrected chi connectivity index (χ1v) is 8.61. The molecule has 2 rings (SSSR count). The highest BCUT2D eigenvalue weighted by Gasteiger charge is 2.33. The number of furan rings is 1. The van der Waals surface area contributed by atoms with Crippen molar-refractivity contribution in [1.82, 2.24) is 4.31 Å². The monoisotopic (exact) mass is 351 g/mol. The Morgan fingerprint density at radius 2 is 2.21 bits per heavy atom. The lowest BCUT2D eigenvalue weighted by molar-refractivity contribution is 0.245. The minimum atomic E-state index is -3.56. The Morgan fingerprint density at radius 3 is 2.68 bits per heavy atom. The van der Waals surface area contributed by atoms with Crippen molar-refractivity contribution in [2.45, 2.75) is 37.7 Å². The summed E-state index contributed by atoms with van der Waals surface area (Å²) in [6.45, 7) is 2.72. The third-order valence-corrected chi connectivity index (χ3v) is 5.83. The van der Waals surface area contributed by atoms with Gasteiger partial charge in [0.15, 0.2) is 4.67 Å². The number of aliphatic hydroxyl groups excluding tert-OH is 1. The van der Waals surface area contributed by atoms with Crippen molar-refractivity contribution in [2.75, 3.05) is 13.1 Å². The van der Waals surface area contributed by atoms with Crippen molar-refractivity contribution in [3.05, 3.63) is 16.5 Å². The van der Waals surface area contributed by atoms with Crippen molar-refractivity contribution in [1.29, 1.82) is 0 Å². The molecular weight excluding hydrogens is 334 g/mol. The maximum atomic E-state index is 12.6. The molecule has 1 aromatic rings. The molecule has 1 N–H and O–H groups in total. The van der Waals surface area contributed by atoms with Crippen LogP contribution in [0, 0.1) is 5.92 Å². The van der Waals surface area contributed by atoms with Crippen LogP contribution in [0.3, 0.4) is 0 Å². The fourth-order valence-electron chi connectivity index (χ4n) is 1.94. The molecule has 0 atom stereocenters. The summed E-state index contributed by atoms with van der Waals surface area (Å²) in [5.74, 6) is 0.734. The Kier molecular flexibility index (Phi) is 4.70. The van der Waals surface area contributed by atoms with E-state index in [4.69, 9.17) is 9.52 Å². The van der Waals surface area contributed by atoms with E-state index in [9.17, 15) is 8.42 Å². The number of hydrogen-bond acceptors (Lipinski definition) is 4. The zero-order chi connectivity index (χ0) is 14.0. The summed E-state index contributed by atoms with van der Waals surface area (Å²) in [7, 11) is -3.56. The smallest absolute Gasteiger partial charge is 0.247 e. The second-order valence-corrected chi connectivity index (χ2v) is 7.44. The van der Waals surface area contributed by atoms with Gasteiger partial charge in [0.2, 0.25) is 10.0 Å². The first-order valence-electron chi connectivity index (χ1n) is 6.38. The van der Waals surface area contributed by atoms with Crippen molar-refractivity contribution >= 4 is 26.0 Å². The lowest BCUT2D eigenvalue weighted by Crippen LogP contribution is -2.33. The summed E-state index contributed by atoms with van der Waals surface area (Å²) in [5, 5.41) is 9.02. The highest BCUT2D eigenvalue weighted by Crippen LogP contribution is 2.34. The molecule has 0 aromatic carbocycles. The van der Waals surface area contributed by atoms with Gasteiger partial charge in [0.05, 0.1) is 0 Å². The van der Waals surface area contributed by atoms with Crippen LogP contribution in [0.1, 0.15) is 31.9 Å². The number of sulfonamides is 1. The van der Waals surface area contributed by atoms with E-state index in [2.05, 4.69) is 15.9 Å². The van der Waals surface area contributed by atoms with Crippen LogP contribution in [0.2, 0.25) is 0 Å². The molecule has 1 fully saturated rings. The SMILES string of the molecule is CCCN(CC1CC1)S(=O)(=O)c1cc(CO)oc1Br. The number of aliphatic hydroxyl groups is 1. The van der Waals surface area contributed by atoms with Crippen LogP contribution >= 0.6 is 15.9 Å². The summed E-state index contributed by atoms with van der Waals surface area (Å²) < 4.78 is 32.0. The predicted octanol–water partition coefficient (Wildman–Crippen LogP) is 2.35. The first-order chi connectivity index (χ1) is 8.98. The molecule has 0 amide bonds. The molecule has 0 saturated heterocycles. The van der Waals surface area contributed by atoms with E-state index in [1.165, 1.54) is 10.4 Å². The van der Waals surface area contributed by atoms with Gasteiger partial charge in [-0.25, -0.2) is 8.42 Å². The normalized spacial score (nSPS) is 16.2. The average molecular weight is 352 g/mol. The maximum absolute atomic E-state index is 12.6. The number of rotatable bonds is 7. The van der Waals surface area contributed by atoms with Crippen molar-refractivity contribution < 1.29 is 17.9 Å². The van der Waals surface area contributed by atoms with Crippen LogP contribution < -0.4 is 0 Å². The van der Waals surface area contributed by atoms with Gasteiger partial charge in [-0.3, -0.25) is 0 Å². The van der Waals surface area contributed by atoms with Gasteiger partial charge in [0.25, 0.3) is 0 Å². The Balaban J connectivity index is 2.28. The summed E-state index contributed by atoms with van der Waals surface area (Å²) in [6.07, 6.45) is 2.97. The van der Waals surface area contributed by atoms with Crippen LogP contribution in [0.5, 0.6) is 0 Å². The summed E-state index contributed by atoms with van der Waals surface area (Å²) in [5.41, 5.74) is 0. The van der Waals surface area contributed by atoms with E-state index >= 15 is 0 Å². The molecule has 0 bridgehead atoms. The van der Waals surface area contributed by atoms with E-state index < -0.39 is 10.0 Å². The van der Waals surface area contributed by atoms with Gasteiger partial charge in [-0.1, -0.05) is 6.92 Å². The van der Waals surface area contributed by atoms with Crippen LogP contribution in [0.25, 0.3) is 0 Å².